The highest BCUT2D eigenvalue weighted by molar-refractivity contribution is 9.10. The molecule has 1 aromatic carbocycles. The minimum Gasteiger partial charge on any atom is -0.396 e. The maximum Gasteiger partial charge on any atom is 0.244 e. The van der Waals surface area contributed by atoms with Crippen LogP contribution in [0.2, 0.25) is 0 Å². The van der Waals surface area contributed by atoms with Gasteiger partial charge in [-0.1, -0.05) is 40.9 Å². The number of aliphatic hydroxyl groups is 1. The molecule has 0 radical (unpaired) electrons. The lowest BCUT2D eigenvalue weighted by atomic mass is 9.85. The van der Waals surface area contributed by atoms with Crippen molar-refractivity contribution in [1.82, 2.24) is 5.32 Å². The highest BCUT2D eigenvalue weighted by Gasteiger charge is 2.25. The lowest BCUT2D eigenvalue weighted by Gasteiger charge is -2.30. The number of carbonyl (C=O) groups excluding carboxylic acids is 1. The van der Waals surface area contributed by atoms with Gasteiger partial charge in [-0.2, -0.15) is 0 Å². The first-order chi connectivity index (χ1) is 10.1. The third-order valence-corrected chi connectivity index (χ3v) is 4.73. The summed E-state index contributed by atoms with van der Waals surface area (Å²) in [5, 5.41) is 12.4. The standard InChI is InChI=1S/C17H22BrNO2/c1-12-6-7-13(15(18)10-12)8-9-17(21)19-16-5-3-2-4-14(16)11-20/h6-10,14,16,20H,2-5,11H2,1H3,(H,19,21)/b9-8+. The van der Waals surface area contributed by atoms with Crippen molar-refractivity contribution in [3.8, 4) is 0 Å². The van der Waals surface area contributed by atoms with Crippen LogP contribution in [0, 0.1) is 12.8 Å². The highest BCUT2D eigenvalue weighted by atomic mass is 79.9. The molecule has 1 aliphatic carbocycles. The van der Waals surface area contributed by atoms with E-state index in [0.717, 1.165) is 35.7 Å². The van der Waals surface area contributed by atoms with Gasteiger partial charge in [0.15, 0.2) is 0 Å². The van der Waals surface area contributed by atoms with Crippen molar-refractivity contribution in [2.45, 2.75) is 38.6 Å². The first-order valence-corrected chi connectivity index (χ1v) is 8.25. The maximum atomic E-state index is 12.0. The van der Waals surface area contributed by atoms with Crippen molar-refractivity contribution in [3.63, 3.8) is 0 Å². The Hall–Kier alpha value is -1.13. The molecule has 1 saturated carbocycles. The number of hydrogen-bond acceptors (Lipinski definition) is 2. The Labute approximate surface area is 134 Å². The summed E-state index contributed by atoms with van der Waals surface area (Å²) in [6.07, 6.45) is 7.60. The fourth-order valence-electron chi connectivity index (χ4n) is 2.78. The molecule has 2 unspecified atom stereocenters. The van der Waals surface area contributed by atoms with E-state index in [1.165, 1.54) is 5.56 Å². The molecule has 1 aromatic rings. The second-order valence-electron chi connectivity index (χ2n) is 5.70. The van der Waals surface area contributed by atoms with Gasteiger partial charge in [0.2, 0.25) is 5.91 Å². The van der Waals surface area contributed by atoms with E-state index in [1.54, 1.807) is 6.08 Å². The molecule has 0 saturated heterocycles. The van der Waals surface area contributed by atoms with Crippen LogP contribution in [0.5, 0.6) is 0 Å². The number of aryl methyl sites for hydroxylation is 1. The molecule has 0 spiro atoms. The summed E-state index contributed by atoms with van der Waals surface area (Å²) in [7, 11) is 0. The molecule has 2 rings (SSSR count). The SMILES string of the molecule is Cc1ccc(/C=C/C(=O)NC2CCCCC2CO)c(Br)c1. The van der Waals surface area contributed by atoms with Crippen LogP contribution < -0.4 is 5.32 Å². The van der Waals surface area contributed by atoms with E-state index in [4.69, 9.17) is 0 Å². The molecule has 2 N–H and O–H groups in total. The van der Waals surface area contributed by atoms with E-state index in [2.05, 4.69) is 21.2 Å². The zero-order valence-corrected chi connectivity index (χ0v) is 13.9. The van der Waals surface area contributed by atoms with Crippen molar-refractivity contribution >= 4 is 27.9 Å². The summed E-state index contributed by atoms with van der Waals surface area (Å²) in [6.45, 7) is 2.18. The smallest absolute Gasteiger partial charge is 0.244 e. The van der Waals surface area contributed by atoms with Crippen LogP contribution >= 0.6 is 15.9 Å². The molecule has 114 valence electrons. The predicted octanol–water partition coefficient (Wildman–Crippen LogP) is 3.44. The Morgan fingerprint density at radius 3 is 2.90 bits per heavy atom. The van der Waals surface area contributed by atoms with E-state index in [0.29, 0.717) is 0 Å². The summed E-state index contributed by atoms with van der Waals surface area (Å²) in [5.41, 5.74) is 2.16. The average Bonchev–Trinajstić information content (AvgIpc) is 2.47. The van der Waals surface area contributed by atoms with Crippen LogP contribution in [0.1, 0.15) is 36.8 Å². The third-order valence-electron chi connectivity index (χ3n) is 4.04. The van der Waals surface area contributed by atoms with Gasteiger partial charge in [0.1, 0.15) is 0 Å². The number of halogens is 1. The van der Waals surface area contributed by atoms with Crippen molar-refractivity contribution in [2.75, 3.05) is 6.61 Å². The molecule has 1 aliphatic rings. The zero-order valence-electron chi connectivity index (χ0n) is 12.3. The van der Waals surface area contributed by atoms with Crippen LogP contribution in [0.3, 0.4) is 0 Å². The lowest BCUT2D eigenvalue weighted by Crippen LogP contribution is -2.42. The Balaban J connectivity index is 1.95. The normalized spacial score (nSPS) is 22.4. The first kappa shape index (κ1) is 16.2. The largest absolute Gasteiger partial charge is 0.396 e. The molecule has 4 heteroatoms. The van der Waals surface area contributed by atoms with E-state index in [-0.39, 0.29) is 24.5 Å². The maximum absolute atomic E-state index is 12.0. The molecule has 1 amide bonds. The van der Waals surface area contributed by atoms with Crippen LogP contribution in [-0.4, -0.2) is 23.7 Å². The van der Waals surface area contributed by atoms with Gasteiger partial charge in [-0.15, -0.1) is 0 Å². The molecule has 0 heterocycles. The van der Waals surface area contributed by atoms with Gasteiger partial charge < -0.3 is 10.4 Å². The number of rotatable bonds is 4. The molecular weight excluding hydrogens is 330 g/mol. The van der Waals surface area contributed by atoms with Crippen LogP contribution in [0.15, 0.2) is 28.7 Å². The first-order valence-electron chi connectivity index (χ1n) is 7.45. The molecular formula is C17H22BrNO2. The van der Waals surface area contributed by atoms with Gasteiger partial charge in [0.05, 0.1) is 0 Å². The Bertz CT molecular complexity index is 528. The fraction of sp³-hybridized carbons (Fsp3) is 0.471. The van der Waals surface area contributed by atoms with Gasteiger partial charge in [0, 0.05) is 29.1 Å². The zero-order chi connectivity index (χ0) is 15.2. The van der Waals surface area contributed by atoms with E-state index < -0.39 is 0 Å². The van der Waals surface area contributed by atoms with Gasteiger partial charge in [0.25, 0.3) is 0 Å². The van der Waals surface area contributed by atoms with Crippen molar-refractivity contribution in [2.24, 2.45) is 5.92 Å². The Morgan fingerprint density at radius 2 is 2.19 bits per heavy atom. The minimum atomic E-state index is -0.0900. The van der Waals surface area contributed by atoms with E-state index >= 15 is 0 Å². The van der Waals surface area contributed by atoms with Gasteiger partial charge >= 0.3 is 0 Å². The quantitative estimate of drug-likeness (QED) is 0.816. The summed E-state index contributed by atoms with van der Waals surface area (Å²) >= 11 is 3.50. The topological polar surface area (TPSA) is 49.3 Å². The Morgan fingerprint density at radius 1 is 1.43 bits per heavy atom. The average molecular weight is 352 g/mol. The monoisotopic (exact) mass is 351 g/mol. The molecule has 0 bridgehead atoms. The van der Waals surface area contributed by atoms with Gasteiger partial charge in [-0.05, 0) is 43.0 Å². The second kappa shape index (κ2) is 7.76. The number of nitrogens with one attached hydrogen (secondary N) is 1. The molecule has 0 aromatic heterocycles. The van der Waals surface area contributed by atoms with Crippen LogP contribution in [0.4, 0.5) is 0 Å². The second-order valence-corrected chi connectivity index (χ2v) is 6.55. The van der Waals surface area contributed by atoms with E-state index in [9.17, 15) is 9.90 Å². The van der Waals surface area contributed by atoms with Crippen LogP contribution in [-0.2, 0) is 4.79 Å². The summed E-state index contributed by atoms with van der Waals surface area (Å²) in [5.74, 6) is 0.107. The number of carbonyl (C=O) groups is 1. The van der Waals surface area contributed by atoms with Crippen LogP contribution in [0.25, 0.3) is 6.08 Å². The van der Waals surface area contributed by atoms with Gasteiger partial charge in [-0.3, -0.25) is 4.79 Å². The van der Waals surface area contributed by atoms with Gasteiger partial charge in [-0.25, -0.2) is 0 Å². The number of amides is 1. The molecule has 1 fully saturated rings. The number of benzene rings is 1. The highest BCUT2D eigenvalue weighted by Crippen LogP contribution is 2.24. The van der Waals surface area contributed by atoms with Crippen molar-refractivity contribution < 1.29 is 9.90 Å². The third kappa shape index (κ3) is 4.68. The predicted molar refractivity (Wildman–Crippen MR) is 88.9 cm³/mol. The summed E-state index contributed by atoms with van der Waals surface area (Å²) in [6, 6.07) is 6.13. The molecule has 0 aliphatic heterocycles. The van der Waals surface area contributed by atoms with E-state index in [1.807, 2.05) is 31.2 Å². The summed E-state index contributed by atoms with van der Waals surface area (Å²) < 4.78 is 0.984. The van der Waals surface area contributed by atoms with Crippen molar-refractivity contribution in [3.05, 3.63) is 39.9 Å². The fourth-order valence-corrected chi connectivity index (χ4v) is 3.41. The number of aliphatic hydroxyl groups excluding tert-OH is 1. The minimum absolute atomic E-state index is 0.0900. The molecule has 3 nitrogen and oxygen atoms in total. The van der Waals surface area contributed by atoms with Crippen molar-refractivity contribution in [1.29, 1.82) is 0 Å². The molecule has 21 heavy (non-hydrogen) atoms. The Kier molecular flexibility index (Phi) is 6.00. The number of hydrogen-bond donors (Lipinski definition) is 2. The summed E-state index contributed by atoms with van der Waals surface area (Å²) in [4.78, 5) is 12.0. The molecule has 2 atom stereocenters. The lowest BCUT2D eigenvalue weighted by molar-refractivity contribution is -0.117.